The molecule has 0 spiro atoms. The molecule has 3 rings (SSSR count). The van der Waals surface area contributed by atoms with Crippen molar-refractivity contribution in [2.75, 3.05) is 19.6 Å². The first-order chi connectivity index (χ1) is 12.0. The molecular formula is C18H27N3O3S. The fraction of sp³-hybridized carbons (Fsp3) is 0.611. The number of piperidine rings is 2. The number of hydrogen-bond donors (Lipinski definition) is 2. The van der Waals surface area contributed by atoms with Crippen LogP contribution in [0.1, 0.15) is 32.6 Å². The maximum Gasteiger partial charge on any atom is 0.243 e. The van der Waals surface area contributed by atoms with Crippen molar-refractivity contribution in [1.29, 1.82) is 0 Å². The number of nitrogens with one attached hydrogen (secondary N) is 2. The van der Waals surface area contributed by atoms with Crippen molar-refractivity contribution < 1.29 is 13.2 Å². The van der Waals surface area contributed by atoms with Crippen LogP contribution in [0.2, 0.25) is 0 Å². The van der Waals surface area contributed by atoms with E-state index in [2.05, 4.69) is 17.6 Å². The minimum atomic E-state index is -3.53. The zero-order chi connectivity index (χ0) is 17.9. The second-order valence-corrected chi connectivity index (χ2v) is 9.04. The topological polar surface area (TPSA) is 78.5 Å². The average molecular weight is 365 g/mol. The van der Waals surface area contributed by atoms with E-state index in [0.717, 1.165) is 25.8 Å². The molecule has 138 valence electrons. The Kier molecular flexibility index (Phi) is 5.76. The van der Waals surface area contributed by atoms with Crippen molar-refractivity contribution in [3.63, 3.8) is 0 Å². The minimum absolute atomic E-state index is 0.00735. The summed E-state index contributed by atoms with van der Waals surface area (Å²) in [5.41, 5.74) is 0. The lowest BCUT2D eigenvalue weighted by Gasteiger charge is -2.34. The van der Waals surface area contributed by atoms with Crippen molar-refractivity contribution in [3.05, 3.63) is 30.3 Å². The van der Waals surface area contributed by atoms with Gasteiger partial charge in [0, 0.05) is 25.2 Å². The number of benzene rings is 1. The van der Waals surface area contributed by atoms with Gasteiger partial charge >= 0.3 is 0 Å². The Bertz CT molecular complexity index is 693. The average Bonchev–Trinajstić information content (AvgIpc) is 2.62. The van der Waals surface area contributed by atoms with Crippen molar-refractivity contribution in [2.45, 2.75) is 49.6 Å². The molecule has 3 unspecified atom stereocenters. The number of amides is 1. The Morgan fingerprint density at radius 1 is 1.24 bits per heavy atom. The molecule has 1 amide bonds. The second kappa shape index (κ2) is 7.85. The van der Waals surface area contributed by atoms with Gasteiger partial charge in [0.15, 0.2) is 0 Å². The zero-order valence-corrected chi connectivity index (χ0v) is 15.5. The van der Waals surface area contributed by atoms with E-state index >= 15 is 0 Å². The van der Waals surface area contributed by atoms with Crippen molar-refractivity contribution in [3.8, 4) is 0 Å². The maximum absolute atomic E-state index is 12.8. The summed E-state index contributed by atoms with van der Waals surface area (Å²) in [5.74, 6) is -0.274. The van der Waals surface area contributed by atoms with Crippen LogP contribution in [-0.2, 0) is 14.8 Å². The van der Waals surface area contributed by atoms with E-state index in [1.165, 1.54) is 4.31 Å². The number of sulfonamides is 1. The highest BCUT2D eigenvalue weighted by Gasteiger charge is 2.34. The van der Waals surface area contributed by atoms with Gasteiger partial charge in [-0.3, -0.25) is 4.79 Å². The van der Waals surface area contributed by atoms with Crippen LogP contribution in [0.3, 0.4) is 0 Å². The zero-order valence-electron chi connectivity index (χ0n) is 14.6. The number of nitrogens with zero attached hydrogens (tertiary/aromatic N) is 1. The lowest BCUT2D eigenvalue weighted by atomic mass is 9.96. The molecule has 0 aliphatic carbocycles. The highest BCUT2D eigenvalue weighted by molar-refractivity contribution is 7.89. The van der Waals surface area contributed by atoms with E-state index in [1.807, 2.05) is 0 Å². The Morgan fingerprint density at radius 3 is 2.72 bits per heavy atom. The van der Waals surface area contributed by atoms with Gasteiger partial charge in [-0.05, 0) is 51.3 Å². The van der Waals surface area contributed by atoms with E-state index in [9.17, 15) is 13.2 Å². The van der Waals surface area contributed by atoms with Crippen molar-refractivity contribution >= 4 is 15.9 Å². The molecule has 0 radical (unpaired) electrons. The first-order valence-corrected chi connectivity index (χ1v) is 10.5. The lowest BCUT2D eigenvalue weighted by molar-refractivity contribution is -0.127. The van der Waals surface area contributed by atoms with Gasteiger partial charge in [0.05, 0.1) is 10.8 Å². The highest BCUT2D eigenvalue weighted by atomic mass is 32.2. The van der Waals surface area contributed by atoms with Crippen LogP contribution in [0.4, 0.5) is 0 Å². The monoisotopic (exact) mass is 365 g/mol. The van der Waals surface area contributed by atoms with Gasteiger partial charge in [-0.25, -0.2) is 8.42 Å². The van der Waals surface area contributed by atoms with E-state index in [1.54, 1.807) is 30.3 Å². The van der Waals surface area contributed by atoms with Gasteiger partial charge in [0.1, 0.15) is 0 Å². The quantitative estimate of drug-likeness (QED) is 0.844. The molecule has 0 aromatic heterocycles. The molecule has 7 heteroatoms. The third-order valence-electron chi connectivity index (χ3n) is 5.11. The summed E-state index contributed by atoms with van der Waals surface area (Å²) in [7, 11) is -3.53. The summed E-state index contributed by atoms with van der Waals surface area (Å²) in [6, 6.07) is 9.04. The van der Waals surface area contributed by atoms with Gasteiger partial charge in [0.25, 0.3) is 0 Å². The van der Waals surface area contributed by atoms with E-state index in [4.69, 9.17) is 0 Å². The van der Waals surface area contributed by atoms with E-state index in [0.29, 0.717) is 23.9 Å². The Balaban J connectivity index is 1.63. The molecule has 0 bridgehead atoms. The molecule has 3 atom stereocenters. The normalized spacial score (nSPS) is 28.4. The van der Waals surface area contributed by atoms with Crippen molar-refractivity contribution in [1.82, 2.24) is 14.9 Å². The Hall–Kier alpha value is -1.44. The molecule has 2 aliphatic heterocycles. The minimum Gasteiger partial charge on any atom is -0.353 e. The third kappa shape index (κ3) is 4.40. The largest absolute Gasteiger partial charge is 0.353 e. The Morgan fingerprint density at radius 2 is 2.00 bits per heavy atom. The third-order valence-corrected chi connectivity index (χ3v) is 6.99. The molecule has 2 saturated heterocycles. The molecule has 2 aliphatic rings. The van der Waals surface area contributed by atoms with Crippen LogP contribution in [0.15, 0.2) is 35.2 Å². The number of hydrogen-bond acceptors (Lipinski definition) is 4. The van der Waals surface area contributed by atoms with Crippen LogP contribution in [0, 0.1) is 5.92 Å². The summed E-state index contributed by atoms with van der Waals surface area (Å²) in [6.07, 6.45) is 3.30. The smallest absolute Gasteiger partial charge is 0.243 e. The van der Waals surface area contributed by atoms with Crippen molar-refractivity contribution in [2.24, 2.45) is 5.92 Å². The first kappa shape index (κ1) is 18.4. The van der Waals surface area contributed by atoms with Crippen LogP contribution >= 0.6 is 0 Å². The predicted molar refractivity (Wildman–Crippen MR) is 96.6 cm³/mol. The molecule has 2 fully saturated rings. The second-order valence-electron chi connectivity index (χ2n) is 7.10. The van der Waals surface area contributed by atoms with Crippen LogP contribution in [0.5, 0.6) is 0 Å². The molecule has 6 nitrogen and oxygen atoms in total. The number of carbonyl (C=O) groups is 1. The highest BCUT2D eigenvalue weighted by Crippen LogP contribution is 2.24. The summed E-state index contributed by atoms with van der Waals surface area (Å²) >= 11 is 0. The van der Waals surface area contributed by atoms with Gasteiger partial charge in [0.2, 0.25) is 15.9 Å². The van der Waals surface area contributed by atoms with Gasteiger partial charge in [-0.2, -0.15) is 4.31 Å². The van der Waals surface area contributed by atoms with Gasteiger partial charge < -0.3 is 10.6 Å². The summed E-state index contributed by atoms with van der Waals surface area (Å²) in [6.45, 7) is 3.77. The van der Waals surface area contributed by atoms with E-state index < -0.39 is 10.0 Å². The molecular weight excluding hydrogens is 338 g/mol. The standard InChI is InChI=1S/C18H27N3O3S/c1-14-12-16(9-10-19-14)20-18(22)15-6-5-11-21(13-15)25(23,24)17-7-3-2-4-8-17/h2-4,7-8,14-16,19H,5-6,9-13H2,1H3,(H,20,22). The van der Waals surface area contributed by atoms with Crippen LogP contribution < -0.4 is 10.6 Å². The fourth-order valence-corrected chi connectivity index (χ4v) is 5.24. The summed E-state index contributed by atoms with van der Waals surface area (Å²) in [5, 5.41) is 6.50. The molecule has 25 heavy (non-hydrogen) atoms. The number of carbonyl (C=O) groups excluding carboxylic acids is 1. The molecule has 2 heterocycles. The Labute approximate surface area is 150 Å². The SMILES string of the molecule is CC1CC(NC(=O)C2CCCN(S(=O)(=O)c3ccccc3)C2)CCN1. The summed E-state index contributed by atoms with van der Waals surface area (Å²) < 4.78 is 27.0. The van der Waals surface area contributed by atoms with Crippen LogP contribution in [-0.4, -0.2) is 50.3 Å². The molecule has 1 aromatic rings. The lowest BCUT2D eigenvalue weighted by Crippen LogP contribution is -2.51. The fourth-order valence-electron chi connectivity index (χ4n) is 3.70. The maximum atomic E-state index is 12.8. The van der Waals surface area contributed by atoms with E-state index in [-0.39, 0.29) is 24.4 Å². The molecule has 2 N–H and O–H groups in total. The van der Waals surface area contributed by atoms with Crippen LogP contribution in [0.25, 0.3) is 0 Å². The van der Waals surface area contributed by atoms with Gasteiger partial charge in [-0.1, -0.05) is 18.2 Å². The summed E-state index contributed by atoms with van der Waals surface area (Å²) in [4.78, 5) is 12.9. The number of rotatable bonds is 4. The van der Waals surface area contributed by atoms with Gasteiger partial charge in [-0.15, -0.1) is 0 Å². The molecule has 0 saturated carbocycles. The molecule has 1 aromatic carbocycles. The predicted octanol–water partition coefficient (Wildman–Crippen LogP) is 1.34. The first-order valence-electron chi connectivity index (χ1n) is 9.06.